The average molecular weight is 377 g/mol. The molecule has 1 unspecified atom stereocenters. The normalized spacial score (nSPS) is 19.5. The van der Waals surface area contributed by atoms with Crippen molar-refractivity contribution in [1.82, 2.24) is 0 Å². The van der Waals surface area contributed by atoms with E-state index in [4.69, 9.17) is 19.4 Å². The fraction of sp³-hybridized carbons (Fsp3) is 0.278. The first-order valence-electron chi connectivity index (χ1n) is 7.99. The molecule has 8 heteroatoms. The van der Waals surface area contributed by atoms with Crippen molar-refractivity contribution in [2.45, 2.75) is 12.2 Å². The minimum Gasteiger partial charge on any atom is -0.492 e. The van der Waals surface area contributed by atoms with Gasteiger partial charge in [-0.05, 0) is 24.3 Å². The number of benzene rings is 2. The first kappa shape index (κ1) is 18.4. The third-order valence-corrected chi connectivity index (χ3v) is 4.39. The second-order valence-corrected chi connectivity index (χ2v) is 7.45. The molecule has 138 valence electrons. The number of hydrogen-bond donors (Lipinski definition) is 1. The Morgan fingerprint density at radius 1 is 1.15 bits per heavy atom. The fourth-order valence-corrected chi connectivity index (χ4v) is 3.54. The number of ketones is 1. The molecule has 3 rings (SSSR count). The van der Waals surface area contributed by atoms with Gasteiger partial charge < -0.3 is 15.2 Å². The van der Waals surface area contributed by atoms with E-state index >= 15 is 0 Å². The van der Waals surface area contributed by atoms with Crippen LogP contribution in [0.15, 0.2) is 48.5 Å². The van der Waals surface area contributed by atoms with E-state index in [0.717, 1.165) is 6.26 Å². The summed E-state index contributed by atoms with van der Waals surface area (Å²) in [6.45, 7) is 0.493. The molecule has 1 heterocycles. The Bertz CT molecular complexity index is 927. The van der Waals surface area contributed by atoms with Gasteiger partial charge in [-0.25, -0.2) is 4.18 Å². The summed E-state index contributed by atoms with van der Waals surface area (Å²) in [5.41, 5.74) is 6.17. The molecule has 0 amide bonds. The minimum absolute atomic E-state index is 0.219. The quantitative estimate of drug-likeness (QED) is 0.766. The van der Waals surface area contributed by atoms with Crippen molar-refractivity contribution in [2.24, 2.45) is 5.73 Å². The topological polar surface area (TPSA) is 105 Å². The number of nitrogens with two attached hydrogens (primary N) is 1. The zero-order valence-corrected chi connectivity index (χ0v) is 15.0. The summed E-state index contributed by atoms with van der Waals surface area (Å²) in [7, 11) is -3.95. The number of para-hydroxylation sites is 2. The van der Waals surface area contributed by atoms with E-state index in [1.807, 2.05) is 0 Å². The smallest absolute Gasteiger partial charge is 0.268 e. The maximum atomic E-state index is 12.7. The number of hydrogen-bond acceptors (Lipinski definition) is 7. The van der Waals surface area contributed by atoms with Crippen molar-refractivity contribution in [2.75, 3.05) is 19.4 Å². The largest absolute Gasteiger partial charge is 0.492 e. The number of ether oxygens (including phenoxy) is 2. The predicted molar refractivity (Wildman–Crippen MR) is 94.6 cm³/mol. The molecule has 2 aromatic carbocycles. The van der Waals surface area contributed by atoms with Gasteiger partial charge in [0.25, 0.3) is 15.9 Å². The summed E-state index contributed by atoms with van der Waals surface area (Å²) in [5.74, 6) is -1.54. The molecule has 0 fully saturated rings. The van der Waals surface area contributed by atoms with Gasteiger partial charge in [0.15, 0.2) is 5.78 Å². The molecule has 0 saturated carbocycles. The fourth-order valence-electron chi connectivity index (χ4n) is 2.87. The van der Waals surface area contributed by atoms with E-state index in [-0.39, 0.29) is 31.1 Å². The average Bonchev–Trinajstić information content (AvgIpc) is 2.59. The number of fused-ring (bicyclic) bond motifs is 1. The maximum Gasteiger partial charge on any atom is 0.268 e. The molecule has 26 heavy (non-hydrogen) atoms. The lowest BCUT2D eigenvalue weighted by atomic mass is 9.92. The summed E-state index contributed by atoms with van der Waals surface area (Å²) in [5, 5.41) is 0. The lowest BCUT2D eigenvalue weighted by Gasteiger charge is -2.37. The Morgan fingerprint density at radius 3 is 2.58 bits per heavy atom. The van der Waals surface area contributed by atoms with Crippen LogP contribution in [0.5, 0.6) is 11.5 Å². The summed E-state index contributed by atoms with van der Waals surface area (Å²) in [4.78, 5) is 12.7. The zero-order chi connectivity index (χ0) is 18.8. The summed E-state index contributed by atoms with van der Waals surface area (Å²) >= 11 is 0. The summed E-state index contributed by atoms with van der Waals surface area (Å²) < 4.78 is 40.8. The standard InChI is InChI=1S/C18H19NO6S/c1-26(21,22)25-18(14-7-3-5-9-17(14)23-11-10-19)12-15(20)13-6-2-4-8-16(13)24-18/h2-9H,10-12,19H2,1H3. The number of carbonyl (C=O) groups is 1. The van der Waals surface area contributed by atoms with Crippen LogP contribution in [-0.4, -0.2) is 33.6 Å². The van der Waals surface area contributed by atoms with Crippen molar-refractivity contribution in [1.29, 1.82) is 0 Å². The maximum absolute atomic E-state index is 12.7. The van der Waals surface area contributed by atoms with Crippen LogP contribution in [0.4, 0.5) is 0 Å². The highest BCUT2D eigenvalue weighted by Crippen LogP contribution is 2.44. The minimum atomic E-state index is -3.95. The SMILES string of the molecule is CS(=O)(=O)OC1(c2ccccc2OCCN)CC(=O)c2ccccc2O1. The summed E-state index contributed by atoms with van der Waals surface area (Å²) in [6, 6.07) is 13.3. The highest BCUT2D eigenvalue weighted by molar-refractivity contribution is 7.86. The van der Waals surface area contributed by atoms with E-state index in [1.54, 1.807) is 48.5 Å². The predicted octanol–water partition coefficient (Wildman–Crippen LogP) is 1.82. The molecular formula is C18H19NO6S. The molecule has 0 radical (unpaired) electrons. The Labute approximate surface area is 151 Å². The van der Waals surface area contributed by atoms with Crippen LogP contribution >= 0.6 is 0 Å². The van der Waals surface area contributed by atoms with E-state index < -0.39 is 15.9 Å². The van der Waals surface area contributed by atoms with Gasteiger partial charge >= 0.3 is 0 Å². The molecule has 1 aliphatic rings. The van der Waals surface area contributed by atoms with Crippen LogP contribution in [0, 0.1) is 0 Å². The zero-order valence-electron chi connectivity index (χ0n) is 14.2. The molecule has 0 bridgehead atoms. The van der Waals surface area contributed by atoms with E-state index in [2.05, 4.69) is 0 Å². The molecule has 1 aliphatic heterocycles. The van der Waals surface area contributed by atoms with Gasteiger partial charge in [0.2, 0.25) is 0 Å². The molecular weight excluding hydrogens is 358 g/mol. The Kier molecular flexibility index (Phi) is 4.99. The second kappa shape index (κ2) is 7.06. The van der Waals surface area contributed by atoms with Gasteiger partial charge in [-0.2, -0.15) is 8.42 Å². The molecule has 1 atom stereocenters. The van der Waals surface area contributed by atoms with Crippen LogP contribution in [0.25, 0.3) is 0 Å². The van der Waals surface area contributed by atoms with Crippen LogP contribution in [0.2, 0.25) is 0 Å². The number of Topliss-reactive ketones (excluding diaryl/α,β-unsaturated/α-hetero) is 1. The highest BCUT2D eigenvalue weighted by atomic mass is 32.2. The van der Waals surface area contributed by atoms with E-state index in [1.165, 1.54) is 0 Å². The van der Waals surface area contributed by atoms with Gasteiger partial charge in [-0.3, -0.25) is 4.79 Å². The monoisotopic (exact) mass is 377 g/mol. The van der Waals surface area contributed by atoms with Crippen molar-refractivity contribution in [3.63, 3.8) is 0 Å². The number of rotatable bonds is 6. The van der Waals surface area contributed by atoms with Gasteiger partial charge in [0.05, 0.1) is 23.8 Å². The lowest BCUT2D eigenvalue weighted by molar-refractivity contribution is -0.121. The molecule has 2 N–H and O–H groups in total. The Balaban J connectivity index is 2.15. The first-order valence-corrected chi connectivity index (χ1v) is 9.80. The molecule has 2 aromatic rings. The highest BCUT2D eigenvalue weighted by Gasteiger charge is 2.48. The van der Waals surface area contributed by atoms with Crippen molar-refractivity contribution in [3.8, 4) is 11.5 Å². The van der Waals surface area contributed by atoms with Crippen molar-refractivity contribution >= 4 is 15.9 Å². The first-order chi connectivity index (χ1) is 12.3. The Morgan fingerprint density at radius 2 is 1.85 bits per heavy atom. The van der Waals surface area contributed by atoms with Gasteiger partial charge in [-0.1, -0.05) is 24.3 Å². The third kappa shape index (κ3) is 3.72. The van der Waals surface area contributed by atoms with Gasteiger partial charge in [0, 0.05) is 6.54 Å². The summed E-state index contributed by atoms with van der Waals surface area (Å²) in [6.07, 6.45) is 0.604. The molecule has 0 saturated heterocycles. The molecule has 0 aliphatic carbocycles. The van der Waals surface area contributed by atoms with Crippen molar-refractivity contribution < 1.29 is 26.9 Å². The van der Waals surface area contributed by atoms with Crippen LogP contribution in [0.3, 0.4) is 0 Å². The van der Waals surface area contributed by atoms with Crippen LogP contribution in [0.1, 0.15) is 22.3 Å². The Hall–Kier alpha value is -2.42. The van der Waals surface area contributed by atoms with Gasteiger partial charge in [-0.15, -0.1) is 0 Å². The van der Waals surface area contributed by atoms with Crippen LogP contribution < -0.4 is 15.2 Å². The van der Waals surface area contributed by atoms with Crippen molar-refractivity contribution in [3.05, 3.63) is 59.7 Å². The molecule has 0 aromatic heterocycles. The third-order valence-electron chi connectivity index (χ3n) is 3.81. The van der Waals surface area contributed by atoms with Gasteiger partial charge in [0.1, 0.15) is 18.1 Å². The molecule has 0 spiro atoms. The van der Waals surface area contributed by atoms with E-state index in [0.29, 0.717) is 16.9 Å². The lowest BCUT2D eigenvalue weighted by Crippen LogP contribution is -2.43. The number of carbonyl (C=O) groups excluding carboxylic acids is 1. The van der Waals surface area contributed by atoms with E-state index in [9.17, 15) is 13.2 Å². The van der Waals surface area contributed by atoms with Crippen LogP contribution in [-0.2, 0) is 20.1 Å². The molecule has 7 nitrogen and oxygen atoms in total. The second-order valence-electron chi connectivity index (χ2n) is 5.87.